The van der Waals surface area contributed by atoms with Crippen LogP contribution < -0.4 is 10.6 Å². The minimum atomic E-state index is -1.64. The van der Waals surface area contributed by atoms with Crippen molar-refractivity contribution in [1.82, 2.24) is 0 Å². The van der Waals surface area contributed by atoms with Crippen molar-refractivity contribution in [3.63, 3.8) is 0 Å². The van der Waals surface area contributed by atoms with Crippen molar-refractivity contribution in [2.24, 2.45) is 0 Å². The molecule has 0 fully saturated rings. The number of nitrogens with one attached hydrogen (secondary N) is 2. The van der Waals surface area contributed by atoms with E-state index < -0.39 is 35.0 Å². The van der Waals surface area contributed by atoms with Gasteiger partial charge < -0.3 is 15.4 Å². The smallest absolute Gasteiger partial charge is 0.337 e. The fourth-order valence-electron chi connectivity index (χ4n) is 2.00. The second kappa shape index (κ2) is 8.18. The number of esters is 1. The number of hydrogen-bond acceptors (Lipinski definition) is 4. The molecule has 0 aromatic heterocycles. The van der Waals surface area contributed by atoms with Crippen LogP contribution in [0.1, 0.15) is 16.8 Å². The lowest BCUT2D eigenvalue weighted by Crippen LogP contribution is -2.17. The normalized spacial score (nSPS) is 10.2. The standard InChI is InChI=1S/C17H15F3N2O3/c1-25-17(24)10-2-4-11(5-3-10)21-9-8-14(23)22-13-7-6-12(18)15(19)16(13)20/h2-7,21H,8-9H2,1H3,(H,22,23). The Kier molecular flexibility index (Phi) is 5.99. The highest BCUT2D eigenvalue weighted by molar-refractivity contribution is 5.91. The van der Waals surface area contributed by atoms with Crippen molar-refractivity contribution in [2.75, 3.05) is 24.3 Å². The van der Waals surface area contributed by atoms with Gasteiger partial charge in [0.2, 0.25) is 5.91 Å². The van der Waals surface area contributed by atoms with Crippen LogP contribution in [0.2, 0.25) is 0 Å². The number of anilines is 2. The summed E-state index contributed by atoms with van der Waals surface area (Å²) in [6, 6.07) is 8.08. The first-order valence-corrected chi connectivity index (χ1v) is 7.28. The number of halogens is 3. The van der Waals surface area contributed by atoms with Gasteiger partial charge in [-0.05, 0) is 36.4 Å². The van der Waals surface area contributed by atoms with Gasteiger partial charge >= 0.3 is 5.97 Å². The van der Waals surface area contributed by atoms with Gasteiger partial charge in [-0.3, -0.25) is 4.79 Å². The molecule has 0 atom stereocenters. The molecule has 1 amide bonds. The van der Waals surface area contributed by atoms with Gasteiger partial charge in [0, 0.05) is 18.7 Å². The highest BCUT2D eigenvalue weighted by Crippen LogP contribution is 2.19. The van der Waals surface area contributed by atoms with Crippen LogP contribution in [0.25, 0.3) is 0 Å². The van der Waals surface area contributed by atoms with Crippen LogP contribution in [0.5, 0.6) is 0 Å². The van der Waals surface area contributed by atoms with E-state index >= 15 is 0 Å². The molecule has 132 valence electrons. The third kappa shape index (κ3) is 4.72. The molecule has 0 aliphatic carbocycles. The Labute approximate surface area is 141 Å². The molecule has 0 aliphatic rings. The van der Waals surface area contributed by atoms with E-state index in [0.717, 1.165) is 12.1 Å². The lowest BCUT2D eigenvalue weighted by molar-refractivity contribution is -0.116. The summed E-state index contributed by atoms with van der Waals surface area (Å²) in [6.45, 7) is 0.217. The molecule has 0 saturated carbocycles. The predicted molar refractivity (Wildman–Crippen MR) is 85.8 cm³/mol. The first-order chi connectivity index (χ1) is 11.9. The summed E-state index contributed by atoms with van der Waals surface area (Å²) in [5.74, 6) is -5.43. The van der Waals surface area contributed by atoms with Crippen LogP contribution >= 0.6 is 0 Å². The summed E-state index contributed by atoms with van der Waals surface area (Å²) in [4.78, 5) is 23.0. The van der Waals surface area contributed by atoms with E-state index in [1.54, 1.807) is 24.3 Å². The Morgan fingerprint density at radius 3 is 2.32 bits per heavy atom. The number of carbonyl (C=O) groups is 2. The third-order valence-electron chi connectivity index (χ3n) is 3.30. The summed E-state index contributed by atoms with van der Waals surface area (Å²) in [7, 11) is 1.28. The minimum Gasteiger partial charge on any atom is -0.465 e. The molecule has 8 heteroatoms. The largest absolute Gasteiger partial charge is 0.465 e. The summed E-state index contributed by atoms with van der Waals surface area (Å²) >= 11 is 0. The maximum Gasteiger partial charge on any atom is 0.337 e. The van der Waals surface area contributed by atoms with Crippen molar-refractivity contribution in [1.29, 1.82) is 0 Å². The molecule has 0 spiro atoms. The summed E-state index contributed by atoms with van der Waals surface area (Å²) in [6.07, 6.45) is -0.0306. The molecule has 2 N–H and O–H groups in total. The van der Waals surface area contributed by atoms with E-state index in [9.17, 15) is 22.8 Å². The zero-order valence-electron chi connectivity index (χ0n) is 13.2. The van der Waals surface area contributed by atoms with Crippen molar-refractivity contribution in [2.45, 2.75) is 6.42 Å². The number of amides is 1. The van der Waals surface area contributed by atoms with Gasteiger partial charge in [-0.15, -0.1) is 0 Å². The molecule has 0 bridgehead atoms. The van der Waals surface area contributed by atoms with Crippen LogP contribution in [0, 0.1) is 17.5 Å². The number of methoxy groups -OCH3 is 1. The zero-order chi connectivity index (χ0) is 18.4. The highest BCUT2D eigenvalue weighted by atomic mass is 19.2. The van der Waals surface area contributed by atoms with Crippen molar-refractivity contribution in [3.8, 4) is 0 Å². The van der Waals surface area contributed by atoms with Crippen LogP contribution in [-0.4, -0.2) is 25.5 Å². The van der Waals surface area contributed by atoms with Crippen LogP contribution in [0.15, 0.2) is 36.4 Å². The fraction of sp³-hybridized carbons (Fsp3) is 0.176. The molecule has 0 aliphatic heterocycles. The lowest BCUT2D eigenvalue weighted by atomic mass is 10.2. The first-order valence-electron chi connectivity index (χ1n) is 7.28. The van der Waals surface area contributed by atoms with Gasteiger partial charge in [-0.25, -0.2) is 18.0 Å². The van der Waals surface area contributed by atoms with Crippen LogP contribution in [0.3, 0.4) is 0 Å². The second-order valence-electron chi connectivity index (χ2n) is 5.02. The summed E-state index contributed by atoms with van der Waals surface area (Å²) < 4.78 is 43.9. The van der Waals surface area contributed by atoms with Gasteiger partial charge in [0.25, 0.3) is 0 Å². The van der Waals surface area contributed by atoms with Gasteiger partial charge in [-0.1, -0.05) is 0 Å². The first kappa shape index (κ1) is 18.3. The molecule has 0 saturated heterocycles. The number of rotatable bonds is 6. The van der Waals surface area contributed by atoms with Crippen molar-refractivity contribution >= 4 is 23.3 Å². The molecule has 0 heterocycles. The van der Waals surface area contributed by atoms with Gasteiger partial charge in [0.15, 0.2) is 17.5 Å². The van der Waals surface area contributed by atoms with E-state index in [1.165, 1.54) is 7.11 Å². The number of benzene rings is 2. The van der Waals surface area contributed by atoms with Gasteiger partial charge in [0.1, 0.15) is 0 Å². The average molecular weight is 352 g/mol. The average Bonchev–Trinajstić information content (AvgIpc) is 2.62. The molecule has 2 aromatic rings. The Balaban J connectivity index is 1.84. The topological polar surface area (TPSA) is 67.4 Å². The second-order valence-corrected chi connectivity index (χ2v) is 5.02. The van der Waals surface area contributed by atoms with E-state index in [-0.39, 0.29) is 13.0 Å². The summed E-state index contributed by atoms with van der Waals surface area (Å²) in [5.41, 5.74) is 0.630. The molecule has 0 unspecified atom stereocenters. The molecular weight excluding hydrogens is 337 g/mol. The predicted octanol–water partition coefficient (Wildman–Crippen LogP) is 3.33. The van der Waals surface area contributed by atoms with E-state index in [4.69, 9.17) is 0 Å². The molecule has 0 radical (unpaired) electrons. The number of carbonyl (C=O) groups excluding carboxylic acids is 2. The third-order valence-corrected chi connectivity index (χ3v) is 3.30. The Morgan fingerprint density at radius 2 is 1.68 bits per heavy atom. The zero-order valence-corrected chi connectivity index (χ0v) is 13.2. The lowest BCUT2D eigenvalue weighted by Gasteiger charge is -2.09. The molecule has 5 nitrogen and oxygen atoms in total. The van der Waals surface area contributed by atoms with Crippen molar-refractivity contribution in [3.05, 3.63) is 59.4 Å². The molecule has 2 rings (SSSR count). The van der Waals surface area contributed by atoms with E-state index in [0.29, 0.717) is 11.3 Å². The minimum absolute atomic E-state index is 0.0306. The van der Waals surface area contributed by atoms with Gasteiger partial charge in [-0.2, -0.15) is 0 Å². The summed E-state index contributed by atoms with van der Waals surface area (Å²) in [5, 5.41) is 5.11. The SMILES string of the molecule is COC(=O)c1ccc(NCCC(=O)Nc2ccc(F)c(F)c2F)cc1. The van der Waals surface area contributed by atoms with Crippen LogP contribution in [0.4, 0.5) is 24.5 Å². The van der Waals surface area contributed by atoms with Crippen molar-refractivity contribution < 1.29 is 27.5 Å². The van der Waals surface area contributed by atoms with E-state index in [1.807, 2.05) is 0 Å². The van der Waals surface area contributed by atoms with Gasteiger partial charge in [0.05, 0.1) is 18.4 Å². The molecule has 25 heavy (non-hydrogen) atoms. The maximum atomic E-state index is 13.5. The number of ether oxygens (including phenoxy) is 1. The quantitative estimate of drug-likeness (QED) is 0.618. The van der Waals surface area contributed by atoms with Crippen LogP contribution in [-0.2, 0) is 9.53 Å². The molecular formula is C17H15F3N2O3. The Morgan fingerprint density at radius 1 is 1.00 bits per heavy atom. The number of hydrogen-bond donors (Lipinski definition) is 2. The highest BCUT2D eigenvalue weighted by Gasteiger charge is 2.15. The maximum absolute atomic E-state index is 13.5. The Bertz CT molecular complexity index is 779. The monoisotopic (exact) mass is 352 g/mol. The fourth-order valence-corrected chi connectivity index (χ4v) is 2.00. The van der Waals surface area contributed by atoms with E-state index in [2.05, 4.69) is 15.4 Å². The molecule has 2 aromatic carbocycles. The Hall–Kier alpha value is -3.03.